The van der Waals surface area contributed by atoms with E-state index in [0.717, 1.165) is 5.56 Å². The monoisotopic (exact) mass is 331 g/mol. The maximum Gasteiger partial charge on any atom is 0.306 e. The molecule has 0 bridgehead atoms. The summed E-state index contributed by atoms with van der Waals surface area (Å²) in [4.78, 5) is 11.5. The SMILES string of the molecule is COC(=O)CC(C)SCc1cccc(S(=O)(=O)N(C)C)c1. The topological polar surface area (TPSA) is 63.7 Å². The van der Waals surface area contributed by atoms with Crippen molar-refractivity contribution in [2.75, 3.05) is 21.2 Å². The first kappa shape index (κ1) is 18.0. The number of nitrogens with zero attached hydrogens (tertiary/aromatic N) is 1. The number of carbonyl (C=O) groups excluding carboxylic acids is 1. The van der Waals surface area contributed by atoms with E-state index in [9.17, 15) is 13.2 Å². The number of hydrogen-bond donors (Lipinski definition) is 0. The Balaban J connectivity index is 2.72. The minimum atomic E-state index is -3.41. The first-order valence-corrected chi connectivity index (χ1v) is 8.96. The molecule has 0 radical (unpaired) electrons. The molecule has 1 aromatic carbocycles. The van der Waals surface area contributed by atoms with Crippen LogP contribution in [0.5, 0.6) is 0 Å². The summed E-state index contributed by atoms with van der Waals surface area (Å²) in [7, 11) is 0.978. The molecule has 0 heterocycles. The summed E-state index contributed by atoms with van der Waals surface area (Å²) >= 11 is 1.59. The Bertz CT molecular complexity index is 584. The lowest BCUT2D eigenvalue weighted by Gasteiger charge is -2.13. The van der Waals surface area contributed by atoms with E-state index < -0.39 is 10.0 Å². The van der Waals surface area contributed by atoms with Crippen LogP contribution in [-0.4, -0.2) is 45.1 Å². The molecule has 21 heavy (non-hydrogen) atoms. The zero-order valence-electron chi connectivity index (χ0n) is 12.7. The second-order valence-electron chi connectivity index (χ2n) is 4.84. The highest BCUT2D eigenvalue weighted by atomic mass is 32.2. The number of thioether (sulfide) groups is 1. The smallest absolute Gasteiger partial charge is 0.306 e. The predicted molar refractivity (Wildman–Crippen MR) is 84.7 cm³/mol. The van der Waals surface area contributed by atoms with Gasteiger partial charge < -0.3 is 4.74 Å². The maximum absolute atomic E-state index is 12.1. The molecule has 118 valence electrons. The summed E-state index contributed by atoms with van der Waals surface area (Å²) in [6.07, 6.45) is 0.344. The summed E-state index contributed by atoms with van der Waals surface area (Å²) in [6.45, 7) is 1.95. The third kappa shape index (κ3) is 5.33. The molecule has 0 saturated carbocycles. The molecule has 0 aliphatic carbocycles. The summed E-state index contributed by atoms with van der Waals surface area (Å²) in [6, 6.07) is 6.87. The third-order valence-electron chi connectivity index (χ3n) is 2.89. The molecule has 0 saturated heterocycles. The van der Waals surface area contributed by atoms with Crippen LogP contribution in [0.1, 0.15) is 18.9 Å². The van der Waals surface area contributed by atoms with Gasteiger partial charge in [0.2, 0.25) is 10.0 Å². The summed E-state index contributed by atoms with van der Waals surface area (Å²) in [5, 5.41) is 0.117. The molecule has 1 aromatic rings. The van der Waals surface area contributed by atoms with E-state index in [0.29, 0.717) is 12.2 Å². The first-order valence-electron chi connectivity index (χ1n) is 6.47. The lowest BCUT2D eigenvalue weighted by Crippen LogP contribution is -2.22. The largest absolute Gasteiger partial charge is 0.469 e. The fourth-order valence-electron chi connectivity index (χ4n) is 1.62. The van der Waals surface area contributed by atoms with E-state index in [4.69, 9.17) is 0 Å². The van der Waals surface area contributed by atoms with E-state index in [-0.39, 0.29) is 16.1 Å². The molecule has 0 fully saturated rings. The van der Waals surface area contributed by atoms with Crippen molar-refractivity contribution in [1.29, 1.82) is 0 Å². The quantitative estimate of drug-likeness (QED) is 0.716. The molecule has 1 atom stereocenters. The molecular formula is C14H21NO4S2. The van der Waals surface area contributed by atoms with E-state index in [1.54, 1.807) is 30.0 Å². The van der Waals surface area contributed by atoms with Gasteiger partial charge >= 0.3 is 5.97 Å². The predicted octanol–water partition coefficient (Wildman–Crippen LogP) is 2.12. The Labute approximate surface area is 130 Å². The van der Waals surface area contributed by atoms with Crippen molar-refractivity contribution in [3.05, 3.63) is 29.8 Å². The molecule has 1 rings (SSSR count). The normalized spacial score (nSPS) is 13.2. The van der Waals surface area contributed by atoms with Crippen LogP contribution in [0.3, 0.4) is 0 Å². The Morgan fingerprint density at radius 1 is 1.38 bits per heavy atom. The first-order chi connectivity index (χ1) is 9.77. The number of rotatable bonds is 7. The molecule has 0 aliphatic rings. The minimum absolute atomic E-state index is 0.117. The molecule has 7 heteroatoms. The number of methoxy groups -OCH3 is 1. The highest BCUT2D eigenvalue weighted by Crippen LogP contribution is 2.22. The van der Waals surface area contributed by atoms with Gasteiger partial charge in [0.25, 0.3) is 0 Å². The van der Waals surface area contributed by atoms with Crippen LogP contribution in [0.2, 0.25) is 0 Å². The summed E-state index contributed by atoms with van der Waals surface area (Å²) in [5.41, 5.74) is 0.916. The van der Waals surface area contributed by atoms with Gasteiger partial charge in [0.05, 0.1) is 18.4 Å². The number of esters is 1. The second kappa shape index (κ2) is 7.82. The Morgan fingerprint density at radius 2 is 2.05 bits per heavy atom. The standard InChI is InChI=1S/C14H21NO4S2/c1-11(8-14(16)19-4)20-10-12-6-5-7-13(9-12)21(17,18)15(2)3/h5-7,9,11H,8,10H2,1-4H3. The zero-order chi connectivity index (χ0) is 16.0. The Kier molecular flexibility index (Phi) is 6.70. The maximum atomic E-state index is 12.1. The fraction of sp³-hybridized carbons (Fsp3) is 0.500. The Morgan fingerprint density at radius 3 is 2.62 bits per heavy atom. The van der Waals surface area contributed by atoms with Crippen LogP contribution in [0.15, 0.2) is 29.2 Å². The van der Waals surface area contributed by atoms with Crippen molar-refractivity contribution < 1.29 is 17.9 Å². The number of ether oxygens (including phenoxy) is 1. The molecular weight excluding hydrogens is 310 g/mol. The van der Waals surface area contributed by atoms with Crippen molar-refractivity contribution in [2.45, 2.75) is 29.2 Å². The van der Waals surface area contributed by atoms with Crippen molar-refractivity contribution in [1.82, 2.24) is 4.31 Å². The molecule has 0 aliphatic heterocycles. The Hall–Kier alpha value is -1.05. The van der Waals surface area contributed by atoms with Crippen LogP contribution < -0.4 is 0 Å². The van der Waals surface area contributed by atoms with Crippen LogP contribution in [0.4, 0.5) is 0 Å². The fourth-order valence-corrected chi connectivity index (χ4v) is 3.50. The molecule has 0 N–H and O–H groups in total. The van der Waals surface area contributed by atoms with Crippen LogP contribution in [0.25, 0.3) is 0 Å². The molecule has 0 aromatic heterocycles. The number of carbonyl (C=O) groups is 1. The van der Waals surface area contributed by atoms with Crippen molar-refractivity contribution in [3.63, 3.8) is 0 Å². The number of hydrogen-bond acceptors (Lipinski definition) is 5. The highest BCUT2D eigenvalue weighted by Gasteiger charge is 2.17. The van der Waals surface area contributed by atoms with Gasteiger partial charge in [0.15, 0.2) is 0 Å². The molecule has 1 unspecified atom stereocenters. The van der Waals surface area contributed by atoms with Crippen molar-refractivity contribution >= 4 is 27.8 Å². The van der Waals surface area contributed by atoms with Gasteiger partial charge in [-0.1, -0.05) is 19.1 Å². The van der Waals surface area contributed by atoms with Crippen molar-refractivity contribution in [2.24, 2.45) is 0 Å². The van der Waals surface area contributed by atoms with E-state index in [1.807, 2.05) is 13.0 Å². The lowest BCUT2D eigenvalue weighted by molar-refractivity contribution is -0.140. The van der Waals surface area contributed by atoms with Gasteiger partial charge in [-0.2, -0.15) is 11.8 Å². The van der Waals surface area contributed by atoms with Crippen LogP contribution in [-0.2, 0) is 25.3 Å². The third-order valence-corrected chi connectivity index (χ3v) is 5.94. The summed E-state index contributed by atoms with van der Waals surface area (Å²) < 4.78 is 29.9. The van der Waals surface area contributed by atoms with E-state index in [2.05, 4.69) is 4.74 Å². The van der Waals surface area contributed by atoms with E-state index >= 15 is 0 Å². The van der Waals surface area contributed by atoms with Gasteiger partial charge in [0, 0.05) is 25.1 Å². The molecule has 5 nitrogen and oxygen atoms in total. The van der Waals surface area contributed by atoms with Gasteiger partial charge in [-0.15, -0.1) is 0 Å². The minimum Gasteiger partial charge on any atom is -0.469 e. The highest BCUT2D eigenvalue weighted by molar-refractivity contribution is 7.99. The average molecular weight is 331 g/mol. The van der Waals surface area contributed by atoms with Crippen LogP contribution in [0, 0.1) is 0 Å². The number of sulfonamides is 1. The van der Waals surface area contributed by atoms with Crippen molar-refractivity contribution in [3.8, 4) is 0 Å². The molecule has 0 amide bonds. The van der Waals surface area contributed by atoms with Gasteiger partial charge in [-0.25, -0.2) is 12.7 Å². The molecule has 0 spiro atoms. The lowest BCUT2D eigenvalue weighted by atomic mass is 10.2. The van der Waals surface area contributed by atoms with Gasteiger partial charge in [0.1, 0.15) is 0 Å². The van der Waals surface area contributed by atoms with E-state index in [1.165, 1.54) is 25.5 Å². The summed E-state index contributed by atoms with van der Waals surface area (Å²) in [5.74, 6) is 0.411. The number of benzene rings is 1. The van der Waals surface area contributed by atoms with Crippen LogP contribution >= 0.6 is 11.8 Å². The second-order valence-corrected chi connectivity index (χ2v) is 8.42. The van der Waals surface area contributed by atoms with Gasteiger partial charge in [-0.3, -0.25) is 4.79 Å². The zero-order valence-corrected chi connectivity index (χ0v) is 14.3. The average Bonchev–Trinajstić information content (AvgIpc) is 2.45. The van der Waals surface area contributed by atoms with Gasteiger partial charge in [-0.05, 0) is 17.7 Å².